The summed E-state index contributed by atoms with van der Waals surface area (Å²) in [5.74, 6) is 0. The lowest BCUT2D eigenvalue weighted by molar-refractivity contribution is 0.544. The first kappa shape index (κ1) is 39.0. The van der Waals surface area contributed by atoms with Crippen molar-refractivity contribution < 1.29 is 0 Å². The molecular weight excluding hydrogens is 811 g/mol. The molecule has 0 N–H and O–H groups in total. The van der Waals surface area contributed by atoms with Gasteiger partial charge in [0, 0.05) is 50.1 Å². The number of anilines is 6. The van der Waals surface area contributed by atoms with E-state index in [-0.39, 0.29) is 5.41 Å². The van der Waals surface area contributed by atoms with Gasteiger partial charge in [0.1, 0.15) is 5.54 Å². The van der Waals surface area contributed by atoms with E-state index in [2.05, 4.69) is 277 Å². The average Bonchev–Trinajstić information content (AvgIpc) is 3.85. The molecule has 3 heteroatoms. The zero-order chi connectivity index (χ0) is 44.7. The van der Waals surface area contributed by atoms with Crippen LogP contribution in [0.3, 0.4) is 0 Å². The number of rotatable bonds is 7. The number of aromatic nitrogens is 1. The van der Waals surface area contributed by atoms with Gasteiger partial charge in [-0.1, -0.05) is 190 Å². The summed E-state index contributed by atoms with van der Waals surface area (Å²) in [7, 11) is 0. The van der Waals surface area contributed by atoms with Crippen LogP contribution in [0, 0.1) is 0 Å². The molecule has 2 heterocycles. The number of fused-ring (bicyclic) bond motifs is 8. The zero-order valence-corrected chi connectivity index (χ0v) is 37.5. The highest BCUT2D eigenvalue weighted by Gasteiger charge is 2.48. The summed E-state index contributed by atoms with van der Waals surface area (Å²) in [6.45, 7) is 4.72. The van der Waals surface area contributed by atoms with Gasteiger partial charge in [-0.25, -0.2) is 0 Å². The fourth-order valence-electron chi connectivity index (χ4n) is 11.6. The van der Waals surface area contributed by atoms with E-state index in [1.165, 1.54) is 71.9 Å². The van der Waals surface area contributed by atoms with Gasteiger partial charge in [-0.3, -0.25) is 0 Å². The van der Waals surface area contributed by atoms with Crippen LogP contribution in [0.5, 0.6) is 0 Å². The Kier molecular flexibility index (Phi) is 8.78. The first-order valence-corrected chi connectivity index (χ1v) is 23.4. The van der Waals surface area contributed by atoms with Gasteiger partial charge in [0.25, 0.3) is 0 Å². The third-order valence-electron chi connectivity index (χ3n) is 14.6. The Balaban J connectivity index is 0.987. The smallest absolute Gasteiger partial charge is 0.125 e. The molecule has 0 unspecified atom stereocenters. The molecule has 0 saturated heterocycles. The van der Waals surface area contributed by atoms with Crippen molar-refractivity contribution in [3.8, 4) is 22.3 Å². The quantitative estimate of drug-likeness (QED) is 0.158. The lowest BCUT2D eigenvalue weighted by Crippen LogP contribution is -2.42. The van der Waals surface area contributed by atoms with Crippen molar-refractivity contribution in [1.29, 1.82) is 0 Å². The topological polar surface area (TPSA) is 11.4 Å². The lowest BCUT2D eigenvalue weighted by Gasteiger charge is -2.47. The zero-order valence-electron chi connectivity index (χ0n) is 37.5. The van der Waals surface area contributed by atoms with Crippen LogP contribution in [-0.4, -0.2) is 4.57 Å². The Morgan fingerprint density at radius 1 is 0.358 bits per heavy atom. The molecule has 11 aromatic rings. The van der Waals surface area contributed by atoms with Crippen LogP contribution >= 0.6 is 0 Å². The Hall–Kier alpha value is -8.40. The van der Waals surface area contributed by atoms with Gasteiger partial charge in [0.2, 0.25) is 0 Å². The van der Waals surface area contributed by atoms with Crippen molar-refractivity contribution in [3.05, 3.63) is 277 Å². The second-order valence-electron chi connectivity index (χ2n) is 18.5. The number of para-hydroxylation sites is 4. The molecule has 318 valence electrons. The van der Waals surface area contributed by atoms with Crippen LogP contribution < -0.4 is 9.80 Å². The molecule has 3 nitrogen and oxygen atoms in total. The van der Waals surface area contributed by atoms with Gasteiger partial charge in [0.15, 0.2) is 0 Å². The largest absolute Gasteiger partial charge is 0.322 e. The molecule has 10 aromatic carbocycles. The number of nitrogens with zero attached hydrogens (tertiary/aromatic N) is 3. The predicted molar refractivity (Wildman–Crippen MR) is 280 cm³/mol. The first-order chi connectivity index (χ1) is 33.0. The molecule has 1 aliphatic carbocycles. The number of hydrogen-bond acceptors (Lipinski definition) is 2. The second kappa shape index (κ2) is 15.1. The molecule has 67 heavy (non-hydrogen) atoms. The fraction of sp³-hybridized carbons (Fsp3) is 0.0625. The highest BCUT2D eigenvalue weighted by molar-refractivity contribution is 6.09. The number of hydrogen-bond donors (Lipinski definition) is 0. The Labute approximate surface area is 392 Å². The Morgan fingerprint density at radius 2 is 0.821 bits per heavy atom. The average molecular weight is 858 g/mol. The second-order valence-corrected chi connectivity index (χ2v) is 18.5. The highest BCUT2D eigenvalue weighted by Crippen LogP contribution is 2.58. The van der Waals surface area contributed by atoms with Crippen LogP contribution in [0.15, 0.2) is 249 Å². The summed E-state index contributed by atoms with van der Waals surface area (Å²) in [5.41, 5.74) is 19.7. The monoisotopic (exact) mass is 857 g/mol. The molecule has 0 spiro atoms. The minimum atomic E-state index is -0.697. The van der Waals surface area contributed by atoms with Gasteiger partial charge in [-0.15, -0.1) is 0 Å². The Bertz CT molecular complexity index is 3560. The highest BCUT2D eigenvalue weighted by atomic mass is 15.2. The van der Waals surface area contributed by atoms with Crippen LogP contribution in [0.2, 0.25) is 0 Å². The van der Waals surface area contributed by atoms with Gasteiger partial charge in [-0.05, 0) is 112 Å². The SMILES string of the molecule is CC1(C)c2ccccc2-c2ccc(N(c3ccc(-c4ccccc4)cc3)c3ccc(N4c5ccccc5C(c5ccccc5)(n5c6ccccc6c6ccccc65)c5ccccc54)cc3)cc21. The van der Waals surface area contributed by atoms with E-state index < -0.39 is 5.54 Å². The van der Waals surface area contributed by atoms with Gasteiger partial charge in [0.05, 0.1) is 22.4 Å². The van der Waals surface area contributed by atoms with E-state index in [1.54, 1.807) is 0 Å². The van der Waals surface area contributed by atoms with Crippen molar-refractivity contribution in [2.45, 2.75) is 24.8 Å². The van der Waals surface area contributed by atoms with E-state index in [4.69, 9.17) is 0 Å². The van der Waals surface area contributed by atoms with E-state index in [1.807, 2.05) is 0 Å². The maximum Gasteiger partial charge on any atom is 0.125 e. The van der Waals surface area contributed by atoms with Crippen molar-refractivity contribution in [3.63, 3.8) is 0 Å². The molecule has 0 radical (unpaired) electrons. The molecule has 0 amide bonds. The van der Waals surface area contributed by atoms with Gasteiger partial charge in [-0.2, -0.15) is 0 Å². The maximum atomic E-state index is 2.61. The predicted octanol–water partition coefficient (Wildman–Crippen LogP) is 16.9. The van der Waals surface area contributed by atoms with Crippen LogP contribution in [-0.2, 0) is 11.0 Å². The van der Waals surface area contributed by atoms with E-state index in [0.717, 1.165) is 34.1 Å². The van der Waals surface area contributed by atoms with Crippen molar-refractivity contribution >= 4 is 55.9 Å². The third kappa shape index (κ3) is 5.77. The maximum absolute atomic E-state index is 2.61. The molecule has 1 aromatic heterocycles. The summed E-state index contributed by atoms with van der Waals surface area (Å²) in [6, 6.07) is 91.7. The molecule has 0 atom stereocenters. The first-order valence-electron chi connectivity index (χ1n) is 23.4. The summed E-state index contributed by atoms with van der Waals surface area (Å²) in [4.78, 5) is 4.89. The molecular formula is C64H47N3. The number of benzene rings is 10. The molecule has 1 aliphatic heterocycles. The molecule has 0 saturated carbocycles. The summed E-state index contributed by atoms with van der Waals surface area (Å²) >= 11 is 0. The van der Waals surface area contributed by atoms with E-state index in [0.29, 0.717) is 0 Å². The molecule has 13 rings (SSSR count). The fourth-order valence-corrected chi connectivity index (χ4v) is 11.6. The third-order valence-corrected chi connectivity index (χ3v) is 14.6. The van der Waals surface area contributed by atoms with Crippen LogP contribution in [0.1, 0.15) is 41.7 Å². The molecule has 0 fully saturated rings. The van der Waals surface area contributed by atoms with E-state index in [9.17, 15) is 0 Å². The van der Waals surface area contributed by atoms with Crippen molar-refractivity contribution in [2.75, 3.05) is 9.80 Å². The van der Waals surface area contributed by atoms with Gasteiger partial charge < -0.3 is 14.4 Å². The minimum Gasteiger partial charge on any atom is -0.322 e. The standard InChI is InChI=1S/C64H47N3/c1-63(2)55-26-12-9-23-51(55)52-42-41-50(43-58(52)63)65(47-35-33-45(34-36-47)44-19-5-3-6-20-44)48-37-39-49(40-38-48)66-61-31-17-13-27-56(61)64(46-21-7-4-8-22-46,57-28-14-18-32-62(57)66)67-59-29-15-10-24-53(59)54-25-11-16-30-60(54)67/h3-43H,1-2H3. The summed E-state index contributed by atoms with van der Waals surface area (Å²) in [5, 5.41) is 2.49. The summed E-state index contributed by atoms with van der Waals surface area (Å²) < 4.78 is 2.61. The Morgan fingerprint density at radius 3 is 1.45 bits per heavy atom. The van der Waals surface area contributed by atoms with Crippen LogP contribution in [0.4, 0.5) is 34.1 Å². The van der Waals surface area contributed by atoms with Crippen LogP contribution in [0.25, 0.3) is 44.1 Å². The summed E-state index contributed by atoms with van der Waals surface area (Å²) in [6.07, 6.45) is 0. The minimum absolute atomic E-state index is 0.127. The van der Waals surface area contributed by atoms with Gasteiger partial charge >= 0.3 is 0 Å². The van der Waals surface area contributed by atoms with Crippen molar-refractivity contribution in [1.82, 2.24) is 4.57 Å². The van der Waals surface area contributed by atoms with Crippen molar-refractivity contribution in [2.24, 2.45) is 0 Å². The molecule has 2 aliphatic rings. The van der Waals surface area contributed by atoms with E-state index >= 15 is 0 Å². The normalized spacial score (nSPS) is 14.0. The lowest BCUT2D eigenvalue weighted by atomic mass is 9.72. The molecule has 0 bridgehead atoms.